The summed E-state index contributed by atoms with van der Waals surface area (Å²) in [6.07, 6.45) is -2.10. The Hall–Kier alpha value is -1.57. The number of likely N-dealkylation sites (N-methyl/N-ethyl adjacent to an activating group) is 1. The van der Waals surface area contributed by atoms with Crippen molar-refractivity contribution >= 4 is 37.5 Å². The van der Waals surface area contributed by atoms with Crippen LogP contribution in [-0.4, -0.2) is 116 Å². The van der Waals surface area contributed by atoms with Gasteiger partial charge in [-0.25, -0.2) is 36.4 Å². The first-order valence-electron chi connectivity index (χ1n) is 10.5. The lowest BCUT2D eigenvalue weighted by molar-refractivity contribution is -0.527. The summed E-state index contributed by atoms with van der Waals surface area (Å²) in [6.45, 7) is 0.235. The van der Waals surface area contributed by atoms with E-state index in [1.165, 1.54) is 7.11 Å². The van der Waals surface area contributed by atoms with E-state index in [9.17, 15) is 21.6 Å². The first-order chi connectivity index (χ1) is 17.2. The predicted molar refractivity (Wildman–Crippen MR) is 119 cm³/mol. The van der Waals surface area contributed by atoms with Gasteiger partial charge >= 0.3 is 6.09 Å². The van der Waals surface area contributed by atoms with Crippen LogP contribution in [0.15, 0.2) is 14.5 Å². The van der Waals surface area contributed by atoms with Crippen molar-refractivity contribution < 1.29 is 61.6 Å². The number of methoxy groups -OCH3 is 1. The number of hydrogen-bond donors (Lipinski definition) is 5. The predicted octanol–water partition coefficient (Wildman–Crippen LogP) is -0.671. The summed E-state index contributed by atoms with van der Waals surface area (Å²) in [5.74, 6) is 0. The third kappa shape index (κ3) is 8.46. The standard InChI is InChI=1S/C16H29N5O13S3/c1-3-19(16(22)32-9-11(34-21(25)26)10-33-20(23)24)13-8-18(5-4-6-31-2)37(29,30)15-12(13)7-14(35-15)36(17,27)28/h7,11,13,23-26H,3-6,8-10H2,1-2H3,(H2,17,27,28)/t11?,13-/m0/s1. The third-order valence-corrected chi connectivity index (χ3v) is 9.98. The molecular weight excluding hydrogens is 566 g/mol. The first kappa shape index (κ1) is 31.6. The normalized spacial score (nSPS) is 18.7. The van der Waals surface area contributed by atoms with Crippen molar-refractivity contribution in [1.82, 2.24) is 20.0 Å². The van der Waals surface area contributed by atoms with Crippen LogP contribution in [0.3, 0.4) is 0 Å². The van der Waals surface area contributed by atoms with E-state index in [0.29, 0.717) is 17.8 Å². The minimum atomic E-state index is -4.25. The van der Waals surface area contributed by atoms with Gasteiger partial charge < -0.3 is 14.4 Å². The summed E-state index contributed by atoms with van der Waals surface area (Å²) in [7, 11) is -6.91. The number of sulfonamides is 2. The van der Waals surface area contributed by atoms with E-state index in [1.54, 1.807) is 6.92 Å². The summed E-state index contributed by atoms with van der Waals surface area (Å²) in [6, 6.07) is 0.130. The number of nitrogens with zero attached hydrogens (tertiary/aromatic N) is 4. The van der Waals surface area contributed by atoms with Crippen LogP contribution in [0, 0.1) is 0 Å². The van der Waals surface area contributed by atoms with E-state index in [4.69, 9.17) is 35.4 Å². The molecule has 0 aromatic carbocycles. The third-order valence-electron chi connectivity index (χ3n) is 5.01. The van der Waals surface area contributed by atoms with Crippen molar-refractivity contribution in [1.29, 1.82) is 0 Å². The van der Waals surface area contributed by atoms with E-state index < -0.39 is 66.5 Å². The molecule has 214 valence electrons. The Labute approximate surface area is 216 Å². The minimum absolute atomic E-state index is 0.00927. The van der Waals surface area contributed by atoms with Crippen LogP contribution in [0.5, 0.6) is 0 Å². The highest BCUT2D eigenvalue weighted by molar-refractivity contribution is 7.94. The van der Waals surface area contributed by atoms with Gasteiger partial charge in [0, 0.05) is 38.9 Å². The molecule has 0 saturated carbocycles. The largest absolute Gasteiger partial charge is 0.446 e. The molecule has 37 heavy (non-hydrogen) atoms. The van der Waals surface area contributed by atoms with Gasteiger partial charge in [-0.2, -0.15) is 4.31 Å². The number of rotatable bonds is 14. The zero-order chi connectivity index (χ0) is 28.0. The zero-order valence-electron chi connectivity index (χ0n) is 19.7. The molecule has 1 unspecified atom stereocenters. The van der Waals surface area contributed by atoms with Crippen LogP contribution >= 0.6 is 11.3 Å². The number of thiophene rings is 1. The lowest BCUT2D eigenvalue weighted by atomic mass is 10.1. The molecule has 0 aliphatic carbocycles. The summed E-state index contributed by atoms with van der Waals surface area (Å²) in [5, 5.41) is 38.8. The Morgan fingerprint density at radius 1 is 1.27 bits per heavy atom. The van der Waals surface area contributed by atoms with Gasteiger partial charge in [-0.15, -0.1) is 11.3 Å². The number of carbonyl (C=O) groups is 1. The Morgan fingerprint density at radius 3 is 2.49 bits per heavy atom. The summed E-state index contributed by atoms with van der Waals surface area (Å²) in [5.41, 5.74) is 0.0417. The second kappa shape index (κ2) is 13.5. The van der Waals surface area contributed by atoms with Crippen LogP contribution < -0.4 is 5.14 Å². The summed E-state index contributed by atoms with van der Waals surface area (Å²) < 4.78 is 60.9. The average Bonchev–Trinajstić information content (AvgIpc) is 3.26. The van der Waals surface area contributed by atoms with E-state index in [-0.39, 0.29) is 36.0 Å². The monoisotopic (exact) mass is 595 g/mol. The van der Waals surface area contributed by atoms with Crippen LogP contribution in [0.25, 0.3) is 0 Å². The second-order valence-electron chi connectivity index (χ2n) is 7.47. The number of ether oxygens (including phenoxy) is 2. The van der Waals surface area contributed by atoms with Crippen molar-refractivity contribution in [2.45, 2.75) is 33.9 Å². The fourth-order valence-electron chi connectivity index (χ4n) is 3.43. The molecule has 1 aliphatic heterocycles. The SMILES string of the molecule is CCN(C(=O)OCC(CON(O)O)ON(O)O)[C@H]1CN(CCCOC)S(=O)(=O)c2sc(S(N)(=O)=O)cc21. The van der Waals surface area contributed by atoms with Gasteiger partial charge in [0.15, 0.2) is 0 Å². The van der Waals surface area contributed by atoms with Gasteiger partial charge in [0.1, 0.15) is 27.7 Å². The molecule has 1 aliphatic rings. The molecular formula is C16H29N5O13S3. The minimum Gasteiger partial charge on any atom is -0.446 e. The van der Waals surface area contributed by atoms with Crippen molar-refractivity contribution in [3.8, 4) is 0 Å². The molecule has 0 bridgehead atoms. The van der Waals surface area contributed by atoms with Gasteiger partial charge in [0.05, 0.1) is 16.8 Å². The topological polar surface area (TPSA) is 242 Å². The van der Waals surface area contributed by atoms with E-state index >= 15 is 0 Å². The van der Waals surface area contributed by atoms with Gasteiger partial charge in [0.2, 0.25) is 10.0 Å². The molecule has 21 heteroatoms. The fraction of sp³-hybridized carbons (Fsp3) is 0.688. The van der Waals surface area contributed by atoms with Crippen LogP contribution in [0.4, 0.5) is 4.79 Å². The number of hydrogen-bond acceptors (Lipinski definition) is 16. The number of amides is 1. The number of fused-ring (bicyclic) bond motifs is 1. The molecule has 1 aromatic rings. The average molecular weight is 596 g/mol. The lowest BCUT2D eigenvalue weighted by Gasteiger charge is -2.37. The molecule has 2 atom stereocenters. The van der Waals surface area contributed by atoms with Gasteiger partial charge in [-0.3, -0.25) is 20.8 Å². The van der Waals surface area contributed by atoms with Gasteiger partial charge in [-0.1, -0.05) is 0 Å². The molecule has 0 fully saturated rings. The van der Waals surface area contributed by atoms with Crippen LogP contribution in [-0.2, 0) is 39.2 Å². The Kier molecular flexibility index (Phi) is 11.5. The molecule has 2 heterocycles. The maximum atomic E-state index is 13.2. The quantitative estimate of drug-likeness (QED) is 0.132. The molecule has 1 aromatic heterocycles. The highest BCUT2D eigenvalue weighted by Gasteiger charge is 2.43. The first-order valence-corrected chi connectivity index (χ1v) is 14.3. The Morgan fingerprint density at radius 2 is 1.95 bits per heavy atom. The maximum Gasteiger partial charge on any atom is 0.410 e. The maximum absolute atomic E-state index is 13.2. The zero-order valence-corrected chi connectivity index (χ0v) is 22.2. The molecule has 0 radical (unpaired) electrons. The number of primary sulfonamides is 1. The van der Waals surface area contributed by atoms with Gasteiger partial charge in [-0.05, 0) is 19.4 Å². The highest BCUT2D eigenvalue weighted by Crippen LogP contribution is 2.42. The van der Waals surface area contributed by atoms with Crippen LogP contribution in [0.2, 0.25) is 0 Å². The number of carbonyl (C=O) groups excluding carboxylic acids is 1. The van der Waals surface area contributed by atoms with Gasteiger partial charge in [0.25, 0.3) is 10.0 Å². The molecule has 0 spiro atoms. The van der Waals surface area contributed by atoms with E-state index in [2.05, 4.69) is 9.68 Å². The second-order valence-corrected chi connectivity index (χ2v) is 12.4. The Balaban J connectivity index is 2.35. The molecule has 2 rings (SSSR count). The molecule has 0 saturated heterocycles. The van der Waals surface area contributed by atoms with Crippen molar-refractivity contribution in [2.75, 3.05) is 46.6 Å². The lowest BCUT2D eigenvalue weighted by Crippen LogP contribution is -2.47. The summed E-state index contributed by atoms with van der Waals surface area (Å²) >= 11 is 0.468. The van der Waals surface area contributed by atoms with Crippen molar-refractivity contribution in [3.63, 3.8) is 0 Å². The number of nitrogens with two attached hydrogens (primary N) is 1. The molecule has 6 N–H and O–H groups in total. The molecule has 18 nitrogen and oxygen atoms in total. The Bertz CT molecular complexity index is 1110. The summed E-state index contributed by atoms with van der Waals surface area (Å²) in [4.78, 5) is 22.9. The molecule has 1 amide bonds. The van der Waals surface area contributed by atoms with E-state index in [0.717, 1.165) is 15.3 Å². The van der Waals surface area contributed by atoms with Crippen molar-refractivity contribution in [3.05, 3.63) is 11.6 Å². The fourth-order valence-corrected chi connectivity index (χ4v) is 7.71. The smallest absolute Gasteiger partial charge is 0.410 e. The van der Waals surface area contributed by atoms with E-state index in [1.807, 2.05) is 0 Å². The van der Waals surface area contributed by atoms with Crippen LogP contribution in [0.1, 0.15) is 24.9 Å². The van der Waals surface area contributed by atoms with Crippen molar-refractivity contribution in [2.24, 2.45) is 5.14 Å². The highest BCUT2D eigenvalue weighted by atomic mass is 32.3.